The van der Waals surface area contributed by atoms with E-state index in [0.29, 0.717) is 33.8 Å². The molecule has 6 nitrogen and oxygen atoms in total. The molecular formula is C20H19ClN4O2S. The van der Waals surface area contributed by atoms with Crippen molar-refractivity contribution in [3.05, 3.63) is 71.2 Å². The smallest absolute Gasteiger partial charge is 0.234 e. The Labute approximate surface area is 172 Å². The van der Waals surface area contributed by atoms with E-state index in [1.165, 1.54) is 11.8 Å². The molecule has 144 valence electrons. The molecule has 8 heteroatoms. The summed E-state index contributed by atoms with van der Waals surface area (Å²) < 4.78 is 5.14. The highest BCUT2D eigenvalue weighted by atomic mass is 35.5. The molecule has 0 aliphatic rings. The van der Waals surface area contributed by atoms with Gasteiger partial charge in [-0.2, -0.15) is 0 Å². The maximum atomic E-state index is 12.1. The van der Waals surface area contributed by atoms with Crippen LogP contribution in [0.2, 0.25) is 5.02 Å². The summed E-state index contributed by atoms with van der Waals surface area (Å²) >= 11 is 7.20. The average molecular weight is 415 g/mol. The van der Waals surface area contributed by atoms with Gasteiger partial charge in [-0.05, 0) is 42.0 Å². The second kappa shape index (κ2) is 9.96. The second-order valence-electron chi connectivity index (χ2n) is 5.81. The van der Waals surface area contributed by atoms with E-state index in [1.54, 1.807) is 13.2 Å². The molecule has 0 bridgehead atoms. The molecule has 28 heavy (non-hydrogen) atoms. The number of hydrogen-bond acceptors (Lipinski definition) is 6. The van der Waals surface area contributed by atoms with Crippen LogP contribution < -0.4 is 15.4 Å². The minimum absolute atomic E-state index is 0.120. The third-order valence-electron chi connectivity index (χ3n) is 3.73. The summed E-state index contributed by atoms with van der Waals surface area (Å²) in [5.74, 6) is 1.48. The first kappa shape index (κ1) is 20.0. The molecule has 0 atom stereocenters. The highest BCUT2D eigenvalue weighted by molar-refractivity contribution is 7.99. The zero-order chi connectivity index (χ0) is 19.8. The Kier molecular flexibility index (Phi) is 7.11. The quantitative estimate of drug-likeness (QED) is 0.529. The van der Waals surface area contributed by atoms with E-state index in [2.05, 4.69) is 20.8 Å². The van der Waals surface area contributed by atoms with E-state index < -0.39 is 0 Å². The number of nitrogens with one attached hydrogen (secondary N) is 2. The van der Waals surface area contributed by atoms with Crippen LogP contribution in [0.25, 0.3) is 0 Å². The van der Waals surface area contributed by atoms with Crippen LogP contribution in [0.1, 0.15) is 5.56 Å². The molecule has 0 radical (unpaired) electrons. The van der Waals surface area contributed by atoms with Crippen LogP contribution in [0.15, 0.2) is 65.7 Å². The minimum atomic E-state index is -0.120. The lowest BCUT2D eigenvalue weighted by Crippen LogP contribution is -2.14. The topological polar surface area (TPSA) is 76.1 Å². The number of ether oxygens (including phenoxy) is 1. The van der Waals surface area contributed by atoms with Gasteiger partial charge in [-0.1, -0.05) is 41.6 Å². The molecular weight excluding hydrogens is 396 g/mol. The second-order valence-corrected chi connectivity index (χ2v) is 7.24. The van der Waals surface area contributed by atoms with Crippen LogP contribution in [0, 0.1) is 0 Å². The summed E-state index contributed by atoms with van der Waals surface area (Å²) in [4.78, 5) is 12.1. The van der Waals surface area contributed by atoms with Crippen molar-refractivity contribution in [1.29, 1.82) is 0 Å². The standard InChI is InChI=1S/C20H19ClN4O2S/c1-27-17-4-2-3-16(11-17)23-19(26)13-28-20-10-9-18(24-25-20)22-12-14-5-7-15(21)8-6-14/h2-11H,12-13H2,1H3,(H,22,24)(H,23,26). The van der Waals surface area contributed by atoms with Gasteiger partial charge < -0.3 is 15.4 Å². The molecule has 0 spiro atoms. The number of hydrogen-bond donors (Lipinski definition) is 2. The fraction of sp³-hybridized carbons (Fsp3) is 0.150. The number of benzene rings is 2. The summed E-state index contributed by atoms with van der Waals surface area (Å²) in [6, 6.07) is 18.5. The fourth-order valence-corrected chi connectivity index (χ4v) is 3.06. The van der Waals surface area contributed by atoms with Gasteiger partial charge in [-0.15, -0.1) is 10.2 Å². The van der Waals surface area contributed by atoms with Gasteiger partial charge in [-0.25, -0.2) is 0 Å². The molecule has 0 aliphatic carbocycles. The molecule has 3 aromatic rings. The first-order valence-corrected chi connectivity index (χ1v) is 9.87. The van der Waals surface area contributed by atoms with Gasteiger partial charge in [0.05, 0.1) is 12.9 Å². The van der Waals surface area contributed by atoms with Crippen LogP contribution in [0.4, 0.5) is 11.5 Å². The molecule has 0 saturated carbocycles. The van der Waals surface area contributed by atoms with Gasteiger partial charge in [0.25, 0.3) is 0 Å². The zero-order valence-corrected chi connectivity index (χ0v) is 16.8. The number of amides is 1. The number of carbonyl (C=O) groups is 1. The number of nitrogens with zero attached hydrogens (tertiary/aromatic N) is 2. The van der Waals surface area contributed by atoms with E-state index >= 15 is 0 Å². The summed E-state index contributed by atoms with van der Waals surface area (Å²) in [5, 5.41) is 15.7. The fourth-order valence-electron chi connectivity index (χ4n) is 2.32. The maximum Gasteiger partial charge on any atom is 0.234 e. The normalized spacial score (nSPS) is 10.4. The van der Waals surface area contributed by atoms with Crippen LogP contribution >= 0.6 is 23.4 Å². The number of methoxy groups -OCH3 is 1. The molecule has 2 aromatic carbocycles. The molecule has 0 fully saturated rings. The monoisotopic (exact) mass is 414 g/mol. The number of rotatable bonds is 8. The Hall–Kier alpha value is -2.77. The first-order valence-electron chi connectivity index (χ1n) is 8.51. The van der Waals surface area contributed by atoms with Crippen LogP contribution in [0.5, 0.6) is 5.75 Å². The van der Waals surface area contributed by atoms with E-state index in [1.807, 2.05) is 54.6 Å². The van der Waals surface area contributed by atoms with E-state index in [-0.39, 0.29) is 11.7 Å². The predicted octanol–water partition coefficient (Wildman–Crippen LogP) is 4.48. The van der Waals surface area contributed by atoms with Gasteiger partial charge in [0, 0.05) is 23.3 Å². The highest BCUT2D eigenvalue weighted by Gasteiger charge is 2.06. The summed E-state index contributed by atoms with van der Waals surface area (Å²) in [5.41, 5.74) is 1.79. The maximum absolute atomic E-state index is 12.1. The lowest BCUT2D eigenvalue weighted by molar-refractivity contribution is -0.113. The predicted molar refractivity (Wildman–Crippen MR) is 113 cm³/mol. The van der Waals surface area contributed by atoms with Crippen LogP contribution in [-0.4, -0.2) is 29.0 Å². The summed E-state index contributed by atoms with van der Waals surface area (Å²) in [6.45, 7) is 0.626. The molecule has 1 aromatic heterocycles. The highest BCUT2D eigenvalue weighted by Crippen LogP contribution is 2.19. The van der Waals surface area contributed by atoms with Gasteiger partial charge in [-0.3, -0.25) is 4.79 Å². The lowest BCUT2D eigenvalue weighted by atomic mass is 10.2. The van der Waals surface area contributed by atoms with Gasteiger partial charge in [0.1, 0.15) is 16.6 Å². The molecule has 0 saturated heterocycles. The van der Waals surface area contributed by atoms with Crippen molar-refractivity contribution in [2.24, 2.45) is 0 Å². The van der Waals surface area contributed by atoms with Crippen molar-refractivity contribution in [2.75, 3.05) is 23.5 Å². The average Bonchev–Trinajstić information content (AvgIpc) is 2.73. The number of anilines is 2. The minimum Gasteiger partial charge on any atom is -0.497 e. The summed E-state index contributed by atoms with van der Waals surface area (Å²) in [7, 11) is 1.59. The zero-order valence-electron chi connectivity index (χ0n) is 15.2. The molecule has 0 unspecified atom stereocenters. The van der Waals surface area contributed by atoms with E-state index in [4.69, 9.17) is 16.3 Å². The van der Waals surface area contributed by atoms with E-state index in [0.717, 1.165) is 5.56 Å². The van der Waals surface area contributed by atoms with Crippen molar-refractivity contribution in [3.8, 4) is 5.75 Å². The van der Waals surface area contributed by atoms with Crippen molar-refractivity contribution in [1.82, 2.24) is 10.2 Å². The summed E-state index contributed by atoms with van der Waals surface area (Å²) in [6.07, 6.45) is 0. The Bertz CT molecular complexity index is 920. The number of thioether (sulfide) groups is 1. The third-order valence-corrected chi connectivity index (χ3v) is 4.90. The van der Waals surface area contributed by atoms with E-state index in [9.17, 15) is 4.79 Å². The third kappa shape index (κ3) is 6.14. The van der Waals surface area contributed by atoms with Crippen molar-refractivity contribution in [2.45, 2.75) is 11.6 Å². The number of halogens is 1. The van der Waals surface area contributed by atoms with Gasteiger partial charge >= 0.3 is 0 Å². The van der Waals surface area contributed by atoms with Gasteiger partial charge in [0.2, 0.25) is 5.91 Å². The van der Waals surface area contributed by atoms with Crippen molar-refractivity contribution >= 4 is 40.8 Å². The SMILES string of the molecule is COc1cccc(NC(=O)CSc2ccc(NCc3ccc(Cl)cc3)nn2)c1. The molecule has 1 heterocycles. The Balaban J connectivity index is 1.45. The van der Waals surface area contributed by atoms with Crippen LogP contribution in [-0.2, 0) is 11.3 Å². The number of aromatic nitrogens is 2. The molecule has 2 N–H and O–H groups in total. The molecule has 1 amide bonds. The Morgan fingerprint density at radius 2 is 1.93 bits per heavy atom. The Morgan fingerprint density at radius 1 is 1.11 bits per heavy atom. The van der Waals surface area contributed by atoms with Crippen molar-refractivity contribution in [3.63, 3.8) is 0 Å². The lowest BCUT2D eigenvalue weighted by Gasteiger charge is -2.07. The molecule has 0 aliphatic heterocycles. The molecule has 3 rings (SSSR count). The number of carbonyl (C=O) groups excluding carboxylic acids is 1. The Morgan fingerprint density at radius 3 is 2.64 bits per heavy atom. The van der Waals surface area contributed by atoms with Gasteiger partial charge in [0.15, 0.2) is 0 Å². The first-order chi connectivity index (χ1) is 13.6. The van der Waals surface area contributed by atoms with Crippen LogP contribution in [0.3, 0.4) is 0 Å². The van der Waals surface area contributed by atoms with Crippen molar-refractivity contribution < 1.29 is 9.53 Å². The largest absolute Gasteiger partial charge is 0.497 e.